The molecule has 102 valence electrons. The fraction of sp³-hybridized carbons (Fsp3) is 0. The zero-order chi connectivity index (χ0) is 13.4. The molecule has 0 aromatic rings. The van der Waals surface area contributed by atoms with E-state index < -0.39 is 0 Å². The van der Waals surface area contributed by atoms with Crippen LogP contribution >= 0.6 is 70.6 Å². The van der Waals surface area contributed by atoms with E-state index in [1.165, 1.54) is 16.9 Å². The Kier molecular flexibility index (Phi) is 5.29. The summed E-state index contributed by atoms with van der Waals surface area (Å²) in [5.41, 5.74) is 0. The minimum absolute atomic E-state index is 0.636. The molecule has 0 spiro atoms. The van der Waals surface area contributed by atoms with Gasteiger partial charge in [0.25, 0.3) is 0 Å². The predicted octanol–water partition coefficient (Wildman–Crippen LogP) is 5.73. The average molecular weight is 501 g/mol. The summed E-state index contributed by atoms with van der Waals surface area (Å²) in [6.45, 7) is 0. The molecule has 4 rings (SSSR count). The molecule has 0 aliphatic carbocycles. The number of hydrogen-bond donors (Lipinski definition) is 0. The molecule has 0 aromatic heterocycles. The molecule has 8 heteroatoms. The van der Waals surface area contributed by atoms with Crippen molar-refractivity contribution >= 4 is 100 Å². The van der Waals surface area contributed by atoms with E-state index >= 15 is 0 Å². The molecule has 0 N–H and O–H groups in total. The summed E-state index contributed by atoms with van der Waals surface area (Å²) in [6.07, 6.45) is 4.52. The molecule has 0 saturated heterocycles. The molecule has 0 fully saturated rings. The molecule has 0 bridgehead atoms. The summed E-state index contributed by atoms with van der Waals surface area (Å²) in [4.78, 5) is 4.76. The molecule has 4 aliphatic heterocycles. The number of hydrogen-bond acceptors (Lipinski definition) is 6. The summed E-state index contributed by atoms with van der Waals surface area (Å²) in [6, 6.07) is 0. The maximum absolute atomic E-state index is 2.38. The van der Waals surface area contributed by atoms with Gasteiger partial charge in [0.05, 0.1) is 0 Å². The van der Waals surface area contributed by atoms with Crippen LogP contribution in [0, 0.1) is 0 Å². The Balaban J connectivity index is 1.41. The number of allylic oxidation sites excluding steroid dienone is 2. The van der Waals surface area contributed by atoms with E-state index in [1.54, 1.807) is 7.61 Å². The molecular weight excluding hydrogens is 494 g/mol. The van der Waals surface area contributed by atoms with Crippen molar-refractivity contribution in [3.63, 3.8) is 0 Å². The van der Waals surface area contributed by atoms with Gasteiger partial charge in [0, 0.05) is 0 Å². The Bertz CT molecular complexity index is 598. The van der Waals surface area contributed by atoms with Crippen molar-refractivity contribution in [3.8, 4) is 0 Å². The molecule has 20 heavy (non-hydrogen) atoms. The van der Waals surface area contributed by atoms with E-state index in [0.29, 0.717) is 29.9 Å². The Labute approximate surface area is 156 Å². The van der Waals surface area contributed by atoms with E-state index in [1.807, 2.05) is 70.6 Å². The van der Waals surface area contributed by atoms with Gasteiger partial charge in [-0.3, -0.25) is 0 Å². The van der Waals surface area contributed by atoms with Crippen LogP contribution < -0.4 is 0 Å². The van der Waals surface area contributed by atoms with E-state index in [-0.39, 0.29) is 0 Å². The molecule has 0 nitrogen and oxygen atoms in total. The standard InChI is InChI=1S/C12H6S6Se2/c1(7-13-3-4-14-7)2-8-15-9-10(16-8)18-11(17-9)12-19-5-6-20-12/h1-6H. The van der Waals surface area contributed by atoms with Crippen molar-refractivity contribution in [2.45, 2.75) is 0 Å². The molecule has 0 radical (unpaired) electrons. The van der Waals surface area contributed by atoms with Crippen LogP contribution in [0.15, 0.2) is 57.5 Å². The van der Waals surface area contributed by atoms with Gasteiger partial charge in [-0.2, -0.15) is 0 Å². The zero-order valence-corrected chi connectivity index (χ0v) is 18.1. The summed E-state index contributed by atoms with van der Waals surface area (Å²) < 4.78 is 9.12. The van der Waals surface area contributed by atoms with Crippen LogP contribution in [0.5, 0.6) is 0 Å². The van der Waals surface area contributed by atoms with Crippen LogP contribution in [0.25, 0.3) is 0 Å². The second kappa shape index (κ2) is 7.00. The summed E-state index contributed by atoms with van der Waals surface area (Å²) >= 11 is 12.8. The van der Waals surface area contributed by atoms with E-state index in [2.05, 4.69) is 32.9 Å². The third-order valence-corrected chi connectivity index (χ3v) is 16.9. The van der Waals surface area contributed by atoms with Crippen LogP contribution in [0.1, 0.15) is 0 Å². The van der Waals surface area contributed by atoms with E-state index in [9.17, 15) is 0 Å². The zero-order valence-electron chi connectivity index (χ0n) is 9.73. The fourth-order valence-electron chi connectivity index (χ4n) is 1.49. The first-order valence-corrected chi connectivity index (χ1v) is 14.2. The Morgan fingerprint density at radius 1 is 0.700 bits per heavy atom. The number of thioether (sulfide) groups is 6. The van der Waals surface area contributed by atoms with Gasteiger partial charge in [-0.15, -0.1) is 0 Å². The van der Waals surface area contributed by atoms with Gasteiger partial charge in [-0.05, 0) is 0 Å². The Hall–Kier alpha value is 1.58. The second-order valence-corrected chi connectivity index (χ2v) is 16.0. The predicted molar refractivity (Wildman–Crippen MR) is 106 cm³/mol. The van der Waals surface area contributed by atoms with Crippen molar-refractivity contribution in [2.24, 2.45) is 0 Å². The molecule has 0 saturated carbocycles. The summed E-state index contributed by atoms with van der Waals surface area (Å²) in [7, 11) is 0. The summed E-state index contributed by atoms with van der Waals surface area (Å²) in [5.74, 6) is 0. The maximum atomic E-state index is 2.38. The molecular formula is C12H6S6Se2. The molecule has 4 aliphatic rings. The van der Waals surface area contributed by atoms with Crippen molar-refractivity contribution < 1.29 is 0 Å². The van der Waals surface area contributed by atoms with E-state index in [0.717, 1.165) is 0 Å². The molecule has 0 unspecified atom stereocenters. The first kappa shape index (κ1) is 15.1. The van der Waals surface area contributed by atoms with Crippen molar-refractivity contribution in [2.75, 3.05) is 0 Å². The first-order valence-electron chi connectivity index (χ1n) is 5.47. The third-order valence-electron chi connectivity index (χ3n) is 2.28. The van der Waals surface area contributed by atoms with Crippen LogP contribution in [-0.4, -0.2) is 29.9 Å². The minimum atomic E-state index is 0.636. The van der Waals surface area contributed by atoms with Gasteiger partial charge in [0.15, 0.2) is 0 Å². The molecule has 0 aromatic carbocycles. The quantitative estimate of drug-likeness (QED) is 0.419. The first-order chi connectivity index (χ1) is 9.88. The molecule has 0 atom stereocenters. The van der Waals surface area contributed by atoms with Crippen LogP contribution in [-0.2, 0) is 0 Å². The van der Waals surface area contributed by atoms with Crippen LogP contribution in [0.4, 0.5) is 0 Å². The Morgan fingerprint density at radius 3 is 1.95 bits per heavy atom. The SMILES string of the molecule is C1=CSC(=CC=C2SC3=C(S2)SC(=C2[Se]C=C[Se]2)S3)S1. The second-order valence-electron chi connectivity index (χ2n) is 3.55. The van der Waals surface area contributed by atoms with Gasteiger partial charge in [0.1, 0.15) is 0 Å². The van der Waals surface area contributed by atoms with Gasteiger partial charge in [-0.1, -0.05) is 0 Å². The van der Waals surface area contributed by atoms with Crippen LogP contribution in [0.3, 0.4) is 0 Å². The summed E-state index contributed by atoms with van der Waals surface area (Å²) in [5, 5.41) is 4.29. The number of rotatable bonds is 1. The molecule has 0 amide bonds. The van der Waals surface area contributed by atoms with Gasteiger partial charge >= 0.3 is 158 Å². The Morgan fingerprint density at radius 2 is 1.30 bits per heavy atom. The van der Waals surface area contributed by atoms with Crippen molar-refractivity contribution in [3.05, 3.63) is 57.5 Å². The third kappa shape index (κ3) is 3.40. The van der Waals surface area contributed by atoms with E-state index in [4.69, 9.17) is 0 Å². The van der Waals surface area contributed by atoms with Crippen LogP contribution in [0.2, 0.25) is 0 Å². The monoisotopic (exact) mass is 502 g/mol. The average Bonchev–Trinajstić information content (AvgIpc) is 3.19. The fourth-order valence-corrected chi connectivity index (χ4v) is 15.2. The normalized spacial score (nSPS) is 24.4. The van der Waals surface area contributed by atoms with Crippen molar-refractivity contribution in [1.82, 2.24) is 0 Å². The topological polar surface area (TPSA) is 0 Å². The van der Waals surface area contributed by atoms with Crippen molar-refractivity contribution in [1.29, 1.82) is 0 Å². The van der Waals surface area contributed by atoms with Gasteiger partial charge in [-0.25, -0.2) is 0 Å². The van der Waals surface area contributed by atoms with Gasteiger partial charge in [0.2, 0.25) is 0 Å². The molecule has 4 heterocycles. The van der Waals surface area contributed by atoms with Gasteiger partial charge < -0.3 is 0 Å².